The second-order valence-corrected chi connectivity index (χ2v) is 2.87. The molecule has 1 heterocycles. The van der Waals surface area contributed by atoms with Crippen LogP contribution < -0.4 is 0 Å². The van der Waals surface area contributed by atoms with Gasteiger partial charge in [0.25, 0.3) is 6.43 Å². The van der Waals surface area contributed by atoms with Crippen molar-refractivity contribution in [2.75, 3.05) is 5.33 Å². The minimum atomic E-state index is -2.64. The molecule has 13 heavy (non-hydrogen) atoms. The molecule has 0 amide bonds. The highest BCUT2D eigenvalue weighted by atomic mass is 79.9. The largest absolute Gasteiger partial charge is 0.291 e. The number of ketones is 1. The van der Waals surface area contributed by atoms with E-state index in [-0.39, 0.29) is 22.5 Å². The van der Waals surface area contributed by atoms with Crippen molar-refractivity contribution in [3.8, 4) is 0 Å². The monoisotopic (exact) mass is 249 g/mol. The standard InChI is InChI=1S/C8H6BrF2NO/c9-4-7(13)5-2-1-3-6(12-5)8(10)11/h1-3,8H,4H2. The van der Waals surface area contributed by atoms with Gasteiger partial charge in [-0.15, -0.1) is 0 Å². The van der Waals surface area contributed by atoms with Crippen LogP contribution in [0.2, 0.25) is 0 Å². The Balaban J connectivity index is 2.98. The Labute approximate surface area is 82.1 Å². The summed E-state index contributed by atoms with van der Waals surface area (Å²) in [4.78, 5) is 14.5. The van der Waals surface area contributed by atoms with Crippen molar-refractivity contribution >= 4 is 21.7 Å². The predicted octanol–water partition coefficient (Wildman–Crippen LogP) is 2.60. The van der Waals surface area contributed by atoms with Gasteiger partial charge in [-0.2, -0.15) is 0 Å². The topological polar surface area (TPSA) is 30.0 Å². The molecule has 5 heteroatoms. The van der Waals surface area contributed by atoms with Crippen molar-refractivity contribution in [1.82, 2.24) is 4.98 Å². The van der Waals surface area contributed by atoms with Crippen molar-refractivity contribution in [3.05, 3.63) is 29.6 Å². The average Bonchev–Trinajstić information content (AvgIpc) is 2.17. The first-order valence-corrected chi connectivity index (χ1v) is 4.61. The number of aromatic nitrogens is 1. The third kappa shape index (κ3) is 2.55. The van der Waals surface area contributed by atoms with E-state index in [1.807, 2.05) is 0 Å². The molecule has 0 saturated heterocycles. The third-order valence-corrected chi connectivity index (χ3v) is 1.91. The Kier molecular flexibility index (Phi) is 3.48. The zero-order valence-corrected chi connectivity index (χ0v) is 8.09. The zero-order chi connectivity index (χ0) is 9.84. The van der Waals surface area contributed by atoms with Crippen LogP contribution in [-0.2, 0) is 0 Å². The molecule has 0 spiro atoms. The van der Waals surface area contributed by atoms with Gasteiger partial charge in [0.1, 0.15) is 11.4 Å². The molecule has 1 aromatic heterocycles. The lowest BCUT2D eigenvalue weighted by Crippen LogP contribution is -2.04. The van der Waals surface area contributed by atoms with E-state index in [0.29, 0.717) is 0 Å². The molecule has 0 atom stereocenters. The van der Waals surface area contributed by atoms with Gasteiger partial charge in [0.2, 0.25) is 0 Å². The first-order valence-electron chi connectivity index (χ1n) is 3.49. The van der Waals surface area contributed by atoms with Crippen LogP contribution >= 0.6 is 15.9 Å². The zero-order valence-electron chi connectivity index (χ0n) is 6.51. The number of nitrogens with zero attached hydrogens (tertiary/aromatic N) is 1. The molecule has 0 radical (unpaired) electrons. The van der Waals surface area contributed by atoms with E-state index in [2.05, 4.69) is 20.9 Å². The Morgan fingerprint density at radius 1 is 1.54 bits per heavy atom. The molecule has 0 aliphatic rings. The van der Waals surface area contributed by atoms with Gasteiger partial charge in [-0.1, -0.05) is 22.0 Å². The minimum absolute atomic E-state index is 0.0645. The van der Waals surface area contributed by atoms with Crippen LogP contribution in [0, 0.1) is 0 Å². The molecule has 0 aromatic carbocycles. The van der Waals surface area contributed by atoms with Crippen molar-refractivity contribution in [2.45, 2.75) is 6.43 Å². The SMILES string of the molecule is O=C(CBr)c1cccc(C(F)F)n1. The molecule has 0 saturated carbocycles. The highest BCUT2D eigenvalue weighted by molar-refractivity contribution is 9.09. The summed E-state index contributed by atoms with van der Waals surface area (Å²) in [5.41, 5.74) is -0.304. The maximum Gasteiger partial charge on any atom is 0.280 e. The Hall–Kier alpha value is -0.840. The quantitative estimate of drug-likeness (QED) is 0.609. The second-order valence-electron chi connectivity index (χ2n) is 2.31. The van der Waals surface area contributed by atoms with Gasteiger partial charge < -0.3 is 0 Å². The summed E-state index contributed by atoms with van der Waals surface area (Å²) < 4.78 is 24.3. The Morgan fingerprint density at radius 3 is 2.77 bits per heavy atom. The average molecular weight is 250 g/mol. The van der Waals surface area contributed by atoms with Gasteiger partial charge in [0.15, 0.2) is 5.78 Å². The fourth-order valence-corrected chi connectivity index (χ4v) is 1.08. The molecule has 0 aliphatic carbocycles. The lowest BCUT2D eigenvalue weighted by Gasteiger charge is -2.00. The molecular formula is C8H6BrF2NO. The summed E-state index contributed by atoms with van der Waals surface area (Å²) in [5, 5.41) is 0.0900. The number of alkyl halides is 3. The van der Waals surface area contributed by atoms with Gasteiger partial charge in [0.05, 0.1) is 5.33 Å². The highest BCUT2D eigenvalue weighted by Gasteiger charge is 2.11. The van der Waals surface area contributed by atoms with E-state index in [1.54, 1.807) is 0 Å². The predicted molar refractivity (Wildman–Crippen MR) is 47.3 cm³/mol. The van der Waals surface area contributed by atoms with Gasteiger partial charge in [-0.25, -0.2) is 13.8 Å². The van der Waals surface area contributed by atoms with Crippen LogP contribution in [0.3, 0.4) is 0 Å². The summed E-state index contributed by atoms with van der Waals surface area (Å²) >= 11 is 2.94. The molecule has 1 rings (SSSR count). The van der Waals surface area contributed by atoms with Gasteiger partial charge in [-0.05, 0) is 12.1 Å². The van der Waals surface area contributed by atoms with Crippen LogP contribution in [0.15, 0.2) is 18.2 Å². The summed E-state index contributed by atoms with van der Waals surface area (Å²) in [5.74, 6) is -0.303. The molecule has 0 N–H and O–H groups in total. The van der Waals surface area contributed by atoms with Crippen LogP contribution in [0.25, 0.3) is 0 Å². The number of rotatable bonds is 3. The number of pyridine rings is 1. The van der Waals surface area contributed by atoms with E-state index in [1.165, 1.54) is 18.2 Å². The lowest BCUT2D eigenvalue weighted by atomic mass is 10.2. The van der Waals surface area contributed by atoms with Crippen molar-refractivity contribution in [3.63, 3.8) is 0 Å². The van der Waals surface area contributed by atoms with Gasteiger partial charge >= 0.3 is 0 Å². The van der Waals surface area contributed by atoms with E-state index in [0.717, 1.165) is 0 Å². The van der Waals surface area contributed by atoms with Crippen LogP contribution in [-0.4, -0.2) is 16.1 Å². The smallest absolute Gasteiger partial charge is 0.280 e. The van der Waals surface area contributed by atoms with E-state index in [4.69, 9.17) is 0 Å². The minimum Gasteiger partial charge on any atom is -0.291 e. The number of halogens is 3. The van der Waals surface area contributed by atoms with Gasteiger partial charge in [0, 0.05) is 0 Å². The van der Waals surface area contributed by atoms with Gasteiger partial charge in [-0.3, -0.25) is 4.79 Å². The fourth-order valence-electron chi connectivity index (χ4n) is 0.797. The normalized spacial score (nSPS) is 10.5. The molecule has 0 aliphatic heterocycles. The maximum absolute atomic E-state index is 12.1. The molecular weight excluding hydrogens is 244 g/mol. The molecule has 0 fully saturated rings. The number of Topliss-reactive ketones (excluding diaryl/α,β-unsaturated/α-hetero) is 1. The second kappa shape index (κ2) is 4.41. The first-order chi connectivity index (χ1) is 6.15. The summed E-state index contributed by atoms with van der Waals surface area (Å²) in [6, 6.07) is 4.00. The number of carbonyl (C=O) groups is 1. The third-order valence-electron chi connectivity index (χ3n) is 1.40. The lowest BCUT2D eigenvalue weighted by molar-refractivity contribution is 0.101. The number of carbonyl (C=O) groups excluding carboxylic acids is 1. The van der Waals surface area contributed by atoms with Crippen LogP contribution in [0.5, 0.6) is 0 Å². The van der Waals surface area contributed by atoms with E-state index < -0.39 is 6.43 Å². The van der Waals surface area contributed by atoms with E-state index in [9.17, 15) is 13.6 Å². The maximum atomic E-state index is 12.1. The number of hydrogen-bond acceptors (Lipinski definition) is 2. The highest BCUT2D eigenvalue weighted by Crippen LogP contribution is 2.16. The summed E-state index contributed by atoms with van der Waals surface area (Å²) in [7, 11) is 0. The van der Waals surface area contributed by atoms with E-state index >= 15 is 0 Å². The Morgan fingerprint density at radius 2 is 2.23 bits per heavy atom. The van der Waals surface area contributed by atoms with Crippen molar-refractivity contribution < 1.29 is 13.6 Å². The fraction of sp³-hybridized carbons (Fsp3) is 0.250. The molecule has 2 nitrogen and oxygen atoms in total. The summed E-state index contributed by atoms with van der Waals surface area (Å²) in [6.45, 7) is 0. The summed E-state index contributed by atoms with van der Waals surface area (Å²) in [6.07, 6.45) is -2.64. The Bertz CT molecular complexity index is 317. The van der Waals surface area contributed by atoms with Crippen LogP contribution in [0.1, 0.15) is 22.6 Å². The molecule has 0 unspecified atom stereocenters. The molecule has 1 aromatic rings. The van der Waals surface area contributed by atoms with Crippen molar-refractivity contribution in [2.24, 2.45) is 0 Å². The molecule has 70 valence electrons. The van der Waals surface area contributed by atoms with Crippen LogP contribution in [0.4, 0.5) is 8.78 Å². The molecule has 0 bridgehead atoms. The number of hydrogen-bond donors (Lipinski definition) is 0. The first kappa shape index (κ1) is 10.2. The van der Waals surface area contributed by atoms with Crippen molar-refractivity contribution in [1.29, 1.82) is 0 Å².